The summed E-state index contributed by atoms with van der Waals surface area (Å²) in [5.74, 6) is -0.0706. The third kappa shape index (κ3) is 3.88. The van der Waals surface area contributed by atoms with Gasteiger partial charge in [-0.2, -0.15) is 5.10 Å². The van der Waals surface area contributed by atoms with Crippen LogP contribution in [0.1, 0.15) is 46.2 Å². The summed E-state index contributed by atoms with van der Waals surface area (Å²) >= 11 is 0. The Kier molecular flexibility index (Phi) is 6.25. The van der Waals surface area contributed by atoms with E-state index < -0.39 is 0 Å². The Morgan fingerprint density at radius 1 is 1.32 bits per heavy atom. The van der Waals surface area contributed by atoms with Gasteiger partial charge in [0.25, 0.3) is 5.91 Å². The van der Waals surface area contributed by atoms with Crippen molar-refractivity contribution >= 4 is 18.3 Å². The topological polar surface area (TPSA) is 58.9 Å². The van der Waals surface area contributed by atoms with Crippen LogP contribution in [0.3, 0.4) is 0 Å². The van der Waals surface area contributed by atoms with Crippen LogP contribution in [0, 0.1) is 13.8 Å². The first-order chi connectivity index (χ1) is 11.5. The van der Waals surface area contributed by atoms with Gasteiger partial charge < -0.3 is 10.6 Å². The number of nitrogens with one attached hydrogen (secondary N) is 2. The molecule has 0 saturated carbocycles. The van der Waals surface area contributed by atoms with Crippen LogP contribution in [0.15, 0.2) is 18.2 Å². The fourth-order valence-corrected chi connectivity index (χ4v) is 3.29. The molecule has 5 nitrogen and oxygen atoms in total. The van der Waals surface area contributed by atoms with Gasteiger partial charge in [-0.05, 0) is 58.7 Å². The summed E-state index contributed by atoms with van der Waals surface area (Å²) in [6, 6.07) is 6.59. The maximum atomic E-state index is 12.6. The monoisotopic (exact) mass is 362 g/mol. The van der Waals surface area contributed by atoms with Crippen molar-refractivity contribution in [2.45, 2.75) is 46.1 Å². The van der Waals surface area contributed by atoms with Gasteiger partial charge in [0.05, 0.1) is 5.69 Å². The summed E-state index contributed by atoms with van der Waals surface area (Å²) in [4.78, 5) is 12.6. The molecule has 1 heterocycles. The van der Waals surface area contributed by atoms with E-state index in [4.69, 9.17) is 0 Å². The minimum absolute atomic E-state index is 0. The van der Waals surface area contributed by atoms with Crippen molar-refractivity contribution in [2.24, 2.45) is 0 Å². The molecule has 6 heteroatoms. The van der Waals surface area contributed by atoms with E-state index in [-0.39, 0.29) is 24.4 Å². The van der Waals surface area contributed by atoms with Crippen molar-refractivity contribution < 1.29 is 4.79 Å². The van der Waals surface area contributed by atoms with Gasteiger partial charge in [-0.25, -0.2) is 4.68 Å². The minimum Gasteiger partial charge on any atom is -0.349 e. The standard InChI is InChI=1S/C19H26N4O.ClH/c1-12-8-9-16(13(2)10-12)23-17-7-5-6-15(17)18(22-23)19(24)21-11-14(3)20-4;/h8-10,14,20H,5-7,11H2,1-4H3,(H,21,24);1H. The second-order valence-corrected chi connectivity index (χ2v) is 6.73. The summed E-state index contributed by atoms with van der Waals surface area (Å²) in [5.41, 5.74) is 6.38. The second kappa shape index (κ2) is 8.02. The van der Waals surface area contributed by atoms with Crippen LogP contribution in [0.2, 0.25) is 0 Å². The molecule has 0 radical (unpaired) electrons. The largest absolute Gasteiger partial charge is 0.349 e. The number of aryl methyl sites for hydroxylation is 2. The van der Waals surface area contributed by atoms with E-state index in [1.54, 1.807) is 0 Å². The van der Waals surface area contributed by atoms with Crippen molar-refractivity contribution in [2.75, 3.05) is 13.6 Å². The van der Waals surface area contributed by atoms with Crippen LogP contribution in [-0.2, 0) is 12.8 Å². The molecule has 1 atom stereocenters. The van der Waals surface area contributed by atoms with Gasteiger partial charge in [-0.3, -0.25) is 4.79 Å². The first-order valence-corrected chi connectivity index (χ1v) is 8.65. The number of rotatable bonds is 5. The van der Waals surface area contributed by atoms with E-state index in [9.17, 15) is 4.79 Å². The first-order valence-electron chi connectivity index (χ1n) is 8.65. The Labute approximate surface area is 155 Å². The molecule has 1 unspecified atom stereocenters. The number of hydrogen-bond acceptors (Lipinski definition) is 3. The highest BCUT2D eigenvalue weighted by Crippen LogP contribution is 2.29. The predicted molar refractivity (Wildman–Crippen MR) is 103 cm³/mol. The van der Waals surface area contributed by atoms with Gasteiger partial charge in [-0.15, -0.1) is 12.4 Å². The number of carbonyl (C=O) groups is 1. The zero-order valence-electron chi connectivity index (χ0n) is 15.3. The number of amides is 1. The molecule has 3 rings (SSSR count). The van der Waals surface area contributed by atoms with Gasteiger partial charge in [0.2, 0.25) is 0 Å². The van der Waals surface area contributed by atoms with Gasteiger partial charge in [0, 0.05) is 23.8 Å². The second-order valence-electron chi connectivity index (χ2n) is 6.73. The Morgan fingerprint density at radius 2 is 2.08 bits per heavy atom. The summed E-state index contributed by atoms with van der Waals surface area (Å²) in [7, 11) is 1.89. The predicted octanol–water partition coefficient (Wildman–Crippen LogP) is 2.74. The summed E-state index contributed by atoms with van der Waals surface area (Å²) in [6.07, 6.45) is 3.01. The van der Waals surface area contributed by atoms with Crippen molar-refractivity contribution in [1.82, 2.24) is 20.4 Å². The van der Waals surface area contributed by atoms with Crippen molar-refractivity contribution in [3.05, 3.63) is 46.3 Å². The minimum atomic E-state index is -0.0706. The molecule has 0 bridgehead atoms. The van der Waals surface area contributed by atoms with Crippen molar-refractivity contribution in [3.63, 3.8) is 0 Å². The molecule has 0 aliphatic heterocycles. The van der Waals surface area contributed by atoms with Crippen LogP contribution < -0.4 is 10.6 Å². The molecule has 1 aliphatic carbocycles. The molecule has 0 fully saturated rings. The highest BCUT2D eigenvalue weighted by molar-refractivity contribution is 5.94. The average Bonchev–Trinajstić information content (AvgIpc) is 3.15. The van der Waals surface area contributed by atoms with Gasteiger partial charge in [0.15, 0.2) is 5.69 Å². The molecule has 25 heavy (non-hydrogen) atoms. The molecular formula is C19H27ClN4O. The molecule has 2 N–H and O–H groups in total. The lowest BCUT2D eigenvalue weighted by Gasteiger charge is -2.11. The molecule has 1 aromatic heterocycles. The number of fused-ring (bicyclic) bond motifs is 1. The van der Waals surface area contributed by atoms with Crippen LogP contribution >= 0.6 is 12.4 Å². The summed E-state index contributed by atoms with van der Waals surface area (Å²) < 4.78 is 1.98. The van der Waals surface area contributed by atoms with Crippen LogP contribution in [0.25, 0.3) is 5.69 Å². The van der Waals surface area contributed by atoms with Crippen LogP contribution in [0.5, 0.6) is 0 Å². The Morgan fingerprint density at radius 3 is 2.76 bits per heavy atom. The number of nitrogens with zero attached hydrogens (tertiary/aromatic N) is 2. The maximum Gasteiger partial charge on any atom is 0.272 e. The molecule has 1 aliphatic rings. The van der Waals surface area contributed by atoms with E-state index in [2.05, 4.69) is 47.8 Å². The smallest absolute Gasteiger partial charge is 0.272 e. The van der Waals surface area contributed by atoms with E-state index in [1.807, 2.05) is 18.7 Å². The number of hydrogen-bond donors (Lipinski definition) is 2. The van der Waals surface area contributed by atoms with Crippen molar-refractivity contribution in [1.29, 1.82) is 0 Å². The molecule has 0 spiro atoms. The number of halogens is 1. The Balaban J connectivity index is 0.00000225. The zero-order valence-corrected chi connectivity index (χ0v) is 16.2. The molecule has 136 valence electrons. The van der Waals surface area contributed by atoms with E-state index >= 15 is 0 Å². The first kappa shape index (κ1) is 19.5. The molecule has 1 aromatic carbocycles. The summed E-state index contributed by atoms with van der Waals surface area (Å²) in [6.45, 7) is 6.82. The van der Waals surface area contributed by atoms with Crippen molar-refractivity contribution in [3.8, 4) is 5.69 Å². The van der Waals surface area contributed by atoms with Gasteiger partial charge in [0.1, 0.15) is 0 Å². The van der Waals surface area contributed by atoms with E-state index in [0.717, 1.165) is 30.5 Å². The number of carbonyl (C=O) groups excluding carboxylic acids is 1. The molecule has 1 amide bonds. The van der Waals surface area contributed by atoms with Crippen LogP contribution in [-0.4, -0.2) is 35.3 Å². The Bertz CT molecular complexity index is 769. The Hall–Kier alpha value is -1.85. The lowest BCUT2D eigenvalue weighted by molar-refractivity contribution is 0.0944. The maximum absolute atomic E-state index is 12.6. The normalized spacial score (nSPS) is 13.9. The van der Waals surface area contributed by atoms with E-state index in [0.29, 0.717) is 12.2 Å². The zero-order chi connectivity index (χ0) is 17.3. The number of likely N-dealkylation sites (N-methyl/N-ethyl adjacent to an activating group) is 1. The third-order valence-electron chi connectivity index (χ3n) is 4.79. The fraction of sp³-hybridized carbons (Fsp3) is 0.474. The van der Waals surface area contributed by atoms with Crippen LogP contribution in [0.4, 0.5) is 0 Å². The summed E-state index contributed by atoms with van der Waals surface area (Å²) in [5, 5.41) is 10.8. The fourth-order valence-electron chi connectivity index (χ4n) is 3.29. The molecule has 2 aromatic rings. The highest BCUT2D eigenvalue weighted by Gasteiger charge is 2.27. The number of benzene rings is 1. The third-order valence-corrected chi connectivity index (χ3v) is 4.79. The number of aromatic nitrogens is 2. The SMILES string of the molecule is CNC(C)CNC(=O)c1nn(-c2ccc(C)cc2C)c2c1CCC2.Cl. The lowest BCUT2D eigenvalue weighted by Crippen LogP contribution is -2.37. The quantitative estimate of drug-likeness (QED) is 0.859. The van der Waals surface area contributed by atoms with Gasteiger partial charge >= 0.3 is 0 Å². The van der Waals surface area contributed by atoms with E-state index in [1.165, 1.54) is 16.8 Å². The van der Waals surface area contributed by atoms with Gasteiger partial charge in [-0.1, -0.05) is 17.7 Å². The molecular weight excluding hydrogens is 336 g/mol. The highest BCUT2D eigenvalue weighted by atomic mass is 35.5. The lowest BCUT2D eigenvalue weighted by atomic mass is 10.1. The molecule has 0 saturated heterocycles. The average molecular weight is 363 g/mol.